The van der Waals surface area contributed by atoms with Crippen molar-refractivity contribution < 1.29 is 294 Å². The van der Waals surface area contributed by atoms with Gasteiger partial charge in [-0.1, -0.05) is 57.6 Å². The smallest absolute Gasteiger partial charge is 0.811 e. The van der Waals surface area contributed by atoms with Gasteiger partial charge in [0, 0.05) is 50.4 Å². The van der Waals surface area contributed by atoms with Gasteiger partial charge < -0.3 is 120 Å². The number of thiazole rings is 1. The molecule has 3 saturated heterocycles. The van der Waals surface area contributed by atoms with E-state index in [-0.39, 0.29) is 162 Å². The van der Waals surface area contributed by atoms with Crippen LogP contribution in [0.1, 0.15) is 71.4 Å². The van der Waals surface area contributed by atoms with E-state index in [0.29, 0.717) is 49.8 Å². The van der Waals surface area contributed by atoms with Gasteiger partial charge in [0.2, 0.25) is 0 Å². The molecule has 3 aliphatic heterocycles. The van der Waals surface area contributed by atoms with Gasteiger partial charge in [0.15, 0.2) is 11.1 Å². The van der Waals surface area contributed by atoms with E-state index in [1.807, 2.05) is 26.3 Å². The molecule has 146 heavy (non-hydrogen) atoms. The van der Waals surface area contributed by atoms with Crippen molar-refractivity contribution in [1.29, 1.82) is 10.5 Å². The number of thioether (sulfide) groups is 1. The second-order valence-electron chi connectivity index (χ2n) is 24.0. The molecule has 0 aromatic carbocycles. The van der Waals surface area contributed by atoms with Gasteiger partial charge in [0.1, 0.15) is 119 Å². The quantitative estimate of drug-likeness (QED) is 0.00673. The number of hydrogen-bond donors (Lipinski definition) is 0. The van der Waals surface area contributed by atoms with E-state index < -0.39 is 250 Å². The number of hydrogen-bond acceptors (Lipinski definition) is 71. The number of nitrogens with zero attached hydrogens (tertiary/aromatic N) is 18. The molecule has 4 rings (SSSR count). The summed E-state index contributed by atoms with van der Waals surface area (Å²) in [5.41, 5.74) is 3.13. The van der Waals surface area contributed by atoms with Gasteiger partial charge in [-0.15, -0.1) is 175 Å². The summed E-state index contributed by atoms with van der Waals surface area (Å²) < 4.78 is 105. The zero-order chi connectivity index (χ0) is 112. The molecule has 82 nitrogen and oxygen atoms in total. The van der Waals surface area contributed by atoms with Gasteiger partial charge in [0.25, 0.3) is 86.4 Å². The van der Waals surface area contributed by atoms with E-state index in [2.05, 4.69) is 147 Å². The van der Waals surface area contributed by atoms with E-state index in [0.717, 1.165) is 5.75 Å². The Bertz CT molecular complexity index is 4520. The normalized spacial score (nSPS) is 15.9. The van der Waals surface area contributed by atoms with E-state index >= 15 is 0 Å². The monoisotopic (exact) mass is 2560 g/mol. The van der Waals surface area contributed by atoms with Crippen LogP contribution >= 0.6 is 65.8 Å². The Morgan fingerprint density at radius 2 is 0.925 bits per heavy atom. The molecule has 1 aromatic rings. The van der Waals surface area contributed by atoms with Crippen molar-refractivity contribution in [3.05, 3.63) is 168 Å². The number of rotatable bonds is 58. The molecular weight excluding hydrogens is 2480 g/mol. The third-order valence-electron chi connectivity index (χ3n) is 12.1. The van der Waals surface area contributed by atoms with E-state index in [4.69, 9.17) is 35.4 Å². The number of esters is 1. The van der Waals surface area contributed by atoms with Crippen LogP contribution < -0.4 is 79.4 Å². The van der Waals surface area contributed by atoms with Crippen LogP contribution in [0.4, 0.5) is 0 Å². The Morgan fingerprint density at radius 1 is 0.562 bits per heavy atom. The van der Waals surface area contributed by atoms with Gasteiger partial charge in [-0.05, 0) is 50.8 Å². The van der Waals surface area contributed by atoms with Crippen LogP contribution in [-0.2, 0) is 185 Å². The van der Waals surface area contributed by atoms with Crippen molar-refractivity contribution >= 4 is 182 Å². The number of aromatic nitrogens is 1. The molecule has 0 aliphatic carbocycles. The summed E-state index contributed by atoms with van der Waals surface area (Å²) in [4.78, 5) is 241. The first-order valence-corrected chi connectivity index (χ1v) is 51.3. The summed E-state index contributed by atoms with van der Waals surface area (Å²) in [5.74, 6) is 0.321. The number of thiocyanates is 1. The minimum Gasteiger partial charge on any atom is -0.811 e. The molecule has 3 fully saturated rings. The Labute approximate surface area is 934 Å². The average molecular weight is 2570 g/mol. The molecule has 0 bridgehead atoms. The zero-order valence-electron chi connectivity index (χ0n) is 76.0. The van der Waals surface area contributed by atoms with Crippen molar-refractivity contribution in [3.63, 3.8) is 0 Å². The van der Waals surface area contributed by atoms with Gasteiger partial charge >= 0.3 is 122 Å². The van der Waals surface area contributed by atoms with Gasteiger partial charge in [-0.2, -0.15) is 18.9 Å². The van der Waals surface area contributed by atoms with Crippen molar-refractivity contribution in [2.24, 2.45) is 17.8 Å². The molecule has 13 unspecified atom stereocenters. The molecule has 97 heteroatoms. The third-order valence-corrected chi connectivity index (χ3v) is 23.7. The van der Waals surface area contributed by atoms with Crippen LogP contribution in [0, 0.1) is 198 Å². The largest absolute Gasteiger partial charge is 2.00 e. The van der Waals surface area contributed by atoms with E-state index in [1.165, 1.54) is 23.4 Å². The van der Waals surface area contributed by atoms with Crippen molar-refractivity contribution in [3.8, 4) is 11.5 Å². The predicted molar refractivity (Wildman–Crippen MR) is 459 cm³/mol. The molecule has 0 N–H and O–H groups in total. The van der Waals surface area contributed by atoms with Crippen LogP contribution in [0.25, 0.3) is 0 Å². The summed E-state index contributed by atoms with van der Waals surface area (Å²) >= 11 is 17.7. The number of ether oxygens (including phenoxy) is 1. The summed E-state index contributed by atoms with van der Waals surface area (Å²) in [6, 6.07) is 1.56. The molecule has 13 atom stereocenters. The maximum atomic E-state index is 12.1. The van der Waals surface area contributed by atoms with Gasteiger partial charge in [0.05, 0.1) is 98.2 Å². The molecule has 0 saturated carbocycles. The first kappa shape index (κ1) is 160. The SMILES string of the molecule is CC1COC(=O)C1.CC1COS(=O)(=O)C1.CC1COS(=O)C1.CCCc1scnc1C.CCOP(=O)(CC(CO[N+](=O)[O-])O[N+](=O)[O-])OCC.N#CCC(CO[N+](=O)[O-])O[N+](=O)[O-].N#CSCC(CO[N+](=O)[O-])O[N+](=O)[O-].O=[N+]([O-])OCC(CBr)O[N+](=O)[O-].O=[N+]([O-])OCC(CCl)O[N+](=O)[O-].O=[N+]([O-])OCC(CP(=O)([O-])[O-])O[N+](=O)[O-].O=[N+]([O-])OCC(CS(=O)(=S)O[O-])O[N+](=O)[O-].O=[N+]([O-])OCCS(=O)(=S)O[O-].[Ba+2].[Na+].[Na+]. The molecule has 1 aromatic heterocycles. The molecule has 0 spiro atoms. The molecular formula is C49H84BaBrClN18Na2O64P2S8. The zero-order valence-corrected chi connectivity index (χ0v) is 95.1. The average Bonchev–Trinajstić information content (AvgIpc) is 1.60. The first-order chi connectivity index (χ1) is 66.0. The fourth-order valence-electron chi connectivity index (χ4n) is 7.03. The second kappa shape index (κ2) is 95.1. The fourth-order valence-corrected chi connectivity index (χ4v) is 15.2. The number of cyclic esters (lactones) is 1. The molecule has 830 valence electrons. The van der Waals surface area contributed by atoms with E-state index in [1.54, 1.807) is 36.7 Å². The third kappa shape index (κ3) is 119. The Hall–Kier alpha value is -8.33. The summed E-state index contributed by atoms with van der Waals surface area (Å²) in [6.07, 6.45) is -8.42. The minimum absolute atomic E-state index is 0. The summed E-state index contributed by atoms with van der Waals surface area (Å²) in [6.45, 7) is 9.63. The van der Waals surface area contributed by atoms with Gasteiger partial charge in [-0.25, -0.2) is 17.6 Å². The summed E-state index contributed by atoms with van der Waals surface area (Å²) in [7, 11) is -18.9. The van der Waals surface area contributed by atoms with Crippen molar-refractivity contribution in [2.75, 3.05) is 138 Å². The Balaban J connectivity index is -0.000000152. The van der Waals surface area contributed by atoms with E-state index in [9.17, 15) is 207 Å². The predicted octanol–water partition coefficient (Wildman–Crippen LogP) is -8.66. The molecule has 4 heterocycles. The number of alkyl halides is 2. The molecule has 0 radical (unpaired) electrons. The van der Waals surface area contributed by atoms with Crippen LogP contribution in [0.2, 0.25) is 0 Å². The topological polar surface area (TPSA) is 1140 Å². The minimum atomic E-state index is -5.07. The van der Waals surface area contributed by atoms with Crippen molar-refractivity contribution in [1.82, 2.24) is 4.98 Å². The fraction of sp³-hybridized carbons (Fsp3) is 0.878. The van der Waals surface area contributed by atoms with Gasteiger partial charge in [-0.3, -0.25) is 17.7 Å². The Morgan fingerprint density at radius 3 is 1.20 bits per heavy atom. The van der Waals surface area contributed by atoms with Crippen molar-refractivity contribution in [2.45, 2.75) is 117 Å². The Kier molecular flexibility index (Phi) is 104. The molecule has 0 amide bonds. The molecule has 3 aliphatic rings. The number of carbonyl (C=O) groups excluding carboxylic acids is 1. The maximum Gasteiger partial charge on any atom is 2.00 e. The summed E-state index contributed by atoms with van der Waals surface area (Å²) in [5, 5.41) is 167. The van der Waals surface area contributed by atoms with Crippen LogP contribution in [0.15, 0.2) is 5.51 Å². The van der Waals surface area contributed by atoms with Crippen LogP contribution in [-0.4, -0.2) is 338 Å². The number of carbonyl (C=O) groups is 1. The number of nitriles is 2. The van der Waals surface area contributed by atoms with Crippen LogP contribution in [0.3, 0.4) is 0 Å². The number of halogens is 2. The maximum absolute atomic E-state index is 12.1. The second-order valence-corrected chi connectivity index (χ2v) is 39.6. The number of aryl methyl sites for hydroxylation is 2. The van der Waals surface area contributed by atoms with Crippen LogP contribution in [0.5, 0.6) is 0 Å². The first-order valence-electron chi connectivity index (χ1n) is 36.3. The standard InChI is InChI=1S/C7H15N2O9P.C7H11NS.C5H8O2.C4H5N3O6S.C4H5N3O6.C4H8O3S.C4H8O2S.C3H5BrN2O6.C3H5ClN2O6.C3H7N2O9P.C3H6N2O9S2.C2H5NO6S2.Ba.2Na/c1-3-16-19(14,17-4-2)6-7(18-9(12)13)5-15-8(10)11;1-3-4-7-6(2)8-5-9-7;1-4-2-5(6)7-3-4;5-3-14-2-4(13-7(10)11)1-12-6(8)9;5-2-1-4(13-7(10)11)3-12-6(8)9;1-4-2-7-8(5,6)3-4;1-4-2-6-7(5)3-4;2*4-1-3(12-6(9)10)2-11-5(7)8;6-4(7)13-1-3(14-5(8)9)2-15(10,11)12;6-4(7)12-1-3(13-5(8)9)2-16(11,15)14-10;4-3(5)8-1-2-11(7,10)9-6;;;/h7H,3-6H2,1-2H3;5H,3-4H2,1-2H3;4H,2-3H2,1H3;4H,1-2H2;4H,1,3H2;4H,2-3H2,1H3;4H,2-3H2,1H3;2*3H,1-2H2;3H,1-2H2,(H2,10,11,12);3,10H,1-2H2;6H,1-2H2;;;/q;;;;;;;;;;;;+2;2*+1/p-4.